The quantitative estimate of drug-likeness (QED) is 0.695. The van der Waals surface area contributed by atoms with Gasteiger partial charge in [0.2, 0.25) is 0 Å². The van der Waals surface area contributed by atoms with E-state index in [1.54, 1.807) is 42.5 Å². The van der Waals surface area contributed by atoms with Gasteiger partial charge in [0.15, 0.2) is 6.61 Å². The minimum atomic E-state index is -0.354. The van der Waals surface area contributed by atoms with Crippen LogP contribution in [-0.4, -0.2) is 22.7 Å². The maximum atomic E-state index is 12.1. The van der Waals surface area contributed by atoms with Gasteiger partial charge in [-0.25, -0.2) is 5.10 Å². The second kappa shape index (κ2) is 8.03. The van der Waals surface area contributed by atoms with Crippen molar-refractivity contribution in [3.05, 3.63) is 75.0 Å². The Bertz CT molecular complexity index is 984. The van der Waals surface area contributed by atoms with Crippen LogP contribution in [0.25, 0.3) is 11.3 Å². The third-order valence-electron chi connectivity index (χ3n) is 3.37. The molecule has 0 fully saturated rings. The van der Waals surface area contributed by atoms with E-state index in [2.05, 4.69) is 15.5 Å². The number of carbonyl (C=O) groups is 1. The summed E-state index contributed by atoms with van der Waals surface area (Å²) in [6.07, 6.45) is 0. The van der Waals surface area contributed by atoms with Gasteiger partial charge in [-0.2, -0.15) is 5.10 Å². The Labute approximate surface area is 158 Å². The van der Waals surface area contributed by atoms with Crippen LogP contribution in [0.5, 0.6) is 5.75 Å². The Balaban J connectivity index is 1.66. The van der Waals surface area contributed by atoms with Crippen molar-refractivity contribution >= 4 is 34.8 Å². The second-order valence-electron chi connectivity index (χ2n) is 5.30. The highest BCUT2D eigenvalue weighted by Gasteiger charge is 2.08. The van der Waals surface area contributed by atoms with Crippen molar-refractivity contribution in [2.45, 2.75) is 0 Å². The SMILES string of the molecule is O=C(COc1cc(Cl)ccc1Cl)Nc1cccc(-c2ccc(=O)[nH]n2)c1. The summed E-state index contributed by atoms with van der Waals surface area (Å²) < 4.78 is 5.40. The molecule has 0 saturated carbocycles. The Hall–Kier alpha value is -2.83. The van der Waals surface area contributed by atoms with Gasteiger partial charge in [-0.05, 0) is 30.3 Å². The van der Waals surface area contributed by atoms with Crippen LogP contribution in [0.2, 0.25) is 10.0 Å². The molecule has 0 unspecified atom stereocenters. The van der Waals surface area contributed by atoms with Gasteiger partial charge >= 0.3 is 0 Å². The number of hydrogen-bond acceptors (Lipinski definition) is 4. The van der Waals surface area contributed by atoms with Crippen molar-refractivity contribution in [2.75, 3.05) is 11.9 Å². The molecule has 8 heteroatoms. The summed E-state index contributed by atoms with van der Waals surface area (Å²) in [5.74, 6) is -0.0203. The second-order valence-corrected chi connectivity index (χ2v) is 6.14. The molecule has 2 aromatic carbocycles. The van der Waals surface area contributed by atoms with Crippen molar-refractivity contribution in [3.8, 4) is 17.0 Å². The number of nitrogens with one attached hydrogen (secondary N) is 2. The van der Waals surface area contributed by atoms with Crippen LogP contribution in [0.3, 0.4) is 0 Å². The lowest BCUT2D eigenvalue weighted by Gasteiger charge is -2.10. The zero-order valence-electron chi connectivity index (χ0n) is 13.3. The highest BCUT2D eigenvalue weighted by molar-refractivity contribution is 6.34. The first-order chi connectivity index (χ1) is 12.5. The highest BCUT2D eigenvalue weighted by Crippen LogP contribution is 2.27. The van der Waals surface area contributed by atoms with Crippen molar-refractivity contribution in [1.82, 2.24) is 10.2 Å². The molecule has 3 aromatic rings. The Morgan fingerprint density at radius 1 is 1.12 bits per heavy atom. The highest BCUT2D eigenvalue weighted by atomic mass is 35.5. The summed E-state index contributed by atoms with van der Waals surface area (Å²) in [5.41, 5.74) is 1.62. The zero-order valence-corrected chi connectivity index (χ0v) is 14.8. The molecular weight excluding hydrogens is 377 g/mol. The lowest BCUT2D eigenvalue weighted by molar-refractivity contribution is -0.118. The zero-order chi connectivity index (χ0) is 18.5. The Morgan fingerprint density at radius 2 is 1.96 bits per heavy atom. The van der Waals surface area contributed by atoms with Gasteiger partial charge in [0.1, 0.15) is 5.75 Å². The minimum Gasteiger partial charge on any atom is -0.482 e. The third-order valence-corrected chi connectivity index (χ3v) is 3.92. The summed E-state index contributed by atoms with van der Waals surface area (Å²) in [7, 11) is 0. The first-order valence-electron chi connectivity index (χ1n) is 7.55. The lowest BCUT2D eigenvalue weighted by atomic mass is 10.1. The first-order valence-corrected chi connectivity index (χ1v) is 8.31. The summed E-state index contributed by atoms with van der Waals surface area (Å²) in [6, 6.07) is 14.8. The standard InChI is InChI=1S/C18H13Cl2N3O3/c19-12-4-5-14(20)16(9-12)26-10-18(25)21-13-3-1-2-11(8-13)15-6-7-17(24)23-22-15/h1-9H,10H2,(H,21,25)(H,23,24). The smallest absolute Gasteiger partial charge is 0.264 e. The fourth-order valence-electron chi connectivity index (χ4n) is 2.19. The molecule has 0 aliphatic rings. The van der Waals surface area contributed by atoms with Crippen LogP contribution in [0, 0.1) is 0 Å². The first kappa shape index (κ1) is 18.0. The molecule has 1 aromatic heterocycles. The molecule has 0 aliphatic heterocycles. The largest absolute Gasteiger partial charge is 0.482 e. The normalized spacial score (nSPS) is 10.4. The van der Waals surface area contributed by atoms with Crippen molar-refractivity contribution < 1.29 is 9.53 Å². The fraction of sp³-hybridized carbons (Fsp3) is 0.0556. The van der Waals surface area contributed by atoms with Crippen LogP contribution in [-0.2, 0) is 4.79 Å². The number of nitrogens with zero attached hydrogens (tertiary/aromatic N) is 1. The van der Waals surface area contributed by atoms with Gasteiger partial charge in [-0.1, -0.05) is 35.3 Å². The number of hydrogen-bond donors (Lipinski definition) is 2. The molecule has 0 radical (unpaired) electrons. The maximum absolute atomic E-state index is 12.1. The molecule has 0 aliphatic carbocycles. The molecule has 0 spiro atoms. The van der Waals surface area contributed by atoms with Gasteiger partial charge in [-0.3, -0.25) is 9.59 Å². The summed E-state index contributed by atoms with van der Waals surface area (Å²) in [4.78, 5) is 23.2. The van der Waals surface area contributed by atoms with Gasteiger partial charge in [0, 0.05) is 28.4 Å². The maximum Gasteiger partial charge on any atom is 0.264 e. The van der Waals surface area contributed by atoms with Crippen molar-refractivity contribution in [1.29, 1.82) is 0 Å². The van der Waals surface area contributed by atoms with Gasteiger partial charge in [-0.15, -0.1) is 0 Å². The van der Waals surface area contributed by atoms with Crippen LogP contribution in [0.1, 0.15) is 0 Å². The van der Waals surface area contributed by atoms with E-state index in [0.717, 1.165) is 5.56 Å². The molecule has 3 rings (SSSR count). The molecule has 6 nitrogen and oxygen atoms in total. The number of ether oxygens (including phenoxy) is 1. The lowest BCUT2D eigenvalue weighted by Crippen LogP contribution is -2.20. The Morgan fingerprint density at radius 3 is 2.73 bits per heavy atom. The van der Waals surface area contributed by atoms with E-state index >= 15 is 0 Å². The number of amides is 1. The van der Waals surface area contributed by atoms with Gasteiger partial charge in [0.05, 0.1) is 10.7 Å². The van der Waals surface area contributed by atoms with E-state index in [0.29, 0.717) is 27.2 Å². The third kappa shape index (κ3) is 4.62. The number of carbonyl (C=O) groups excluding carboxylic acids is 1. The average molecular weight is 390 g/mol. The molecule has 0 saturated heterocycles. The number of rotatable bonds is 5. The molecule has 0 bridgehead atoms. The number of aromatic nitrogens is 2. The van der Waals surface area contributed by atoms with E-state index in [9.17, 15) is 9.59 Å². The van der Waals surface area contributed by atoms with E-state index in [4.69, 9.17) is 27.9 Å². The number of benzene rings is 2. The molecule has 26 heavy (non-hydrogen) atoms. The molecule has 2 N–H and O–H groups in total. The van der Waals surface area contributed by atoms with Crippen LogP contribution < -0.4 is 15.6 Å². The number of halogens is 2. The number of anilines is 1. The van der Waals surface area contributed by atoms with Crippen molar-refractivity contribution in [2.24, 2.45) is 0 Å². The topological polar surface area (TPSA) is 84.1 Å². The predicted molar refractivity (Wildman–Crippen MR) is 101 cm³/mol. The minimum absolute atomic E-state index is 0.221. The molecule has 1 amide bonds. The Kier molecular flexibility index (Phi) is 5.55. The average Bonchev–Trinajstić information content (AvgIpc) is 2.63. The molecule has 1 heterocycles. The number of H-pyrrole nitrogens is 1. The predicted octanol–water partition coefficient (Wildman–Crippen LogP) is 3.76. The summed E-state index contributed by atoms with van der Waals surface area (Å²) in [5, 5.41) is 9.89. The van der Waals surface area contributed by atoms with Crippen LogP contribution in [0.4, 0.5) is 5.69 Å². The summed E-state index contributed by atoms with van der Waals surface area (Å²) >= 11 is 11.9. The monoisotopic (exact) mass is 389 g/mol. The van der Waals surface area contributed by atoms with Crippen molar-refractivity contribution in [3.63, 3.8) is 0 Å². The molecule has 0 atom stereocenters. The van der Waals surface area contributed by atoms with Crippen LogP contribution in [0.15, 0.2) is 59.4 Å². The number of aromatic amines is 1. The van der Waals surface area contributed by atoms with Gasteiger partial charge in [0.25, 0.3) is 11.5 Å². The molecular formula is C18H13Cl2N3O3. The van der Waals surface area contributed by atoms with E-state index in [1.807, 2.05) is 6.07 Å². The summed E-state index contributed by atoms with van der Waals surface area (Å²) in [6.45, 7) is -0.221. The van der Waals surface area contributed by atoms with E-state index in [-0.39, 0.29) is 18.1 Å². The van der Waals surface area contributed by atoms with Gasteiger partial charge < -0.3 is 10.1 Å². The van der Waals surface area contributed by atoms with E-state index in [1.165, 1.54) is 6.07 Å². The van der Waals surface area contributed by atoms with E-state index < -0.39 is 0 Å². The van der Waals surface area contributed by atoms with Crippen LogP contribution >= 0.6 is 23.2 Å². The fourth-order valence-corrected chi connectivity index (χ4v) is 2.52. The molecule has 132 valence electrons.